The van der Waals surface area contributed by atoms with Crippen LogP contribution in [0.25, 0.3) is 0 Å². The van der Waals surface area contributed by atoms with Crippen LogP contribution in [0.2, 0.25) is 0 Å². The second-order valence-electron chi connectivity index (χ2n) is 6.17. The van der Waals surface area contributed by atoms with Crippen LogP contribution in [0.15, 0.2) is 0 Å². The summed E-state index contributed by atoms with van der Waals surface area (Å²) in [6.45, 7) is 4.94. The number of carbonyl (C=O) groups excluding carboxylic acids is 1. The predicted octanol–water partition coefficient (Wildman–Crippen LogP) is 1.45. The highest BCUT2D eigenvalue weighted by atomic mass is 16.5. The number of aliphatic carboxylic acids is 1. The van der Waals surface area contributed by atoms with E-state index in [4.69, 9.17) is 9.84 Å². The maximum atomic E-state index is 12.2. The van der Waals surface area contributed by atoms with E-state index in [1.54, 1.807) is 4.90 Å². The van der Waals surface area contributed by atoms with Crippen molar-refractivity contribution in [1.82, 2.24) is 10.2 Å². The van der Waals surface area contributed by atoms with Gasteiger partial charge >= 0.3 is 12.0 Å². The third-order valence-corrected chi connectivity index (χ3v) is 4.41. The third kappa shape index (κ3) is 3.85. The van der Waals surface area contributed by atoms with Crippen LogP contribution >= 0.6 is 0 Å². The van der Waals surface area contributed by atoms with E-state index in [1.165, 1.54) is 0 Å². The van der Waals surface area contributed by atoms with Gasteiger partial charge in [0.1, 0.15) is 0 Å². The first-order chi connectivity index (χ1) is 9.50. The van der Waals surface area contributed by atoms with Gasteiger partial charge in [-0.25, -0.2) is 4.79 Å². The number of nitrogens with zero attached hydrogens (tertiary/aromatic N) is 1. The first kappa shape index (κ1) is 15.1. The molecule has 2 heterocycles. The van der Waals surface area contributed by atoms with Crippen LogP contribution in [0.3, 0.4) is 0 Å². The molecule has 2 fully saturated rings. The number of hydrogen-bond acceptors (Lipinski definition) is 3. The van der Waals surface area contributed by atoms with Gasteiger partial charge in [0.15, 0.2) is 0 Å². The smallest absolute Gasteiger partial charge is 0.317 e. The fourth-order valence-corrected chi connectivity index (χ4v) is 2.95. The van der Waals surface area contributed by atoms with E-state index in [9.17, 15) is 9.59 Å². The van der Waals surface area contributed by atoms with Crippen molar-refractivity contribution in [3.8, 4) is 0 Å². The summed E-state index contributed by atoms with van der Waals surface area (Å²) in [6, 6.07) is -0.281. The number of ether oxygens (including phenoxy) is 1. The second-order valence-corrected chi connectivity index (χ2v) is 6.17. The van der Waals surface area contributed by atoms with E-state index in [2.05, 4.69) is 12.2 Å². The Balaban J connectivity index is 1.83. The van der Waals surface area contributed by atoms with Crippen molar-refractivity contribution in [3.63, 3.8) is 0 Å². The van der Waals surface area contributed by atoms with Crippen LogP contribution in [-0.4, -0.2) is 54.4 Å². The summed E-state index contributed by atoms with van der Waals surface area (Å²) < 4.78 is 5.34. The fourth-order valence-electron chi connectivity index (χ4n) is 2.95. The summed E-state index contributed by atoms with van der Waals surface area (Å²) in [7, 11) is 0. The van der Waals surface area contributed by atoms with Gasteiger partial charge in [0.25, 0.3) is 0 Å². The highest BCUT2D eigenvalue weighted by Crippen LogP contribution is 2.29. The second kappa shape index (κ2) is 6.43. The number of amides is 2. The van der Waals surface area contributed by atoms with Gasteiger partial charge in [0, 0.05) is 32.3 Å². The maximum absolute atomic E-state index is 12.2. The summed E-state index contributed by atoms with van der Waals surface area (Å²) >= 11 is 0. The Morgan fingerprint density at radius 1 is 1.40 bits per heavy atom. The molecule has 2 aliphatic rings. The molecule has 114 valence electrons. The normalized spacial score (nSPS) is 25.4. The molecular weight excluding hydrogens is 260 g/mol. The Kier molecular flexibility index (Phi) is 4.86. The average molecular weight is 284 g/mol. The minimum atomic E-state index is -0.842. The monoisotopic (exact) mass is 284 g/mol. The van der Waals surface area contributed by atoms with Gasteiger partial charge in [0.2, 0.25) is 0 Å². The molecule has 0 aromatic rings. The van der Waals surface area contributed by atoms with Crippen LogP contribution in [-0.2, 0) is 9.53 Å². The van der Waals surface area contributed by atoms with Gasteiger partial charge in [-0.05, 0) is 31.1 Å². The average Bonchev–Trinajstić information content (AvgIpc) is 2.84. The molecule has 2 saturated heterocycles. The van der Waals surface area contributed by atoms with Crippen molar-refractivity contribution in [3.05, 3.63) is 0 Å². The van der Waals surface area contributed by atoms with Gasteiger partial charge in [-0.2, -0.15) is 0 Å². The van der Waals surface area contributed by atoms with Gasteiger partial charge < -0.3 is 20.1 Å². The minimum Gasteiger partial charge on any atom is -0.481 e. The van der Waals surface area contributed by atoms with Gasteiger partial charge in [0.05, 0.1) is 6.42 Å². The van der Waals surface area contributed by atoms with E-state index in [1.807, 2.05) is 0 Å². The van der Waals surface area contributed by atoms with Gasteiger partial charge in [-0.3, -0.25) is 4.79 Å². The van der Waals surface area contributed by atoms with E-state index < -0.39 is 5.97 Å². The van der Waals surface area contributed by atoms with Crippen molar-refractivity contribution < 1.29 is 19.4 Å². The molecule has 20 heavy (non-hydrogen) atoms. The molecule has 2 aliphatic heterocycles. The van der Waals surface area contributed by atoms with Crippen LogP contribution in [0, 0.1) is 5.41 Å². The van der Waals surface area contributed by atoms with E-state index in [0.717, 1.165) is 38.9 Å². The first-order valence-corrected chi connectivity index (χ1v) is 7.34. The molecule has 0 spiro atoms. The molecule has 0 aliphatic carbocycles. The molecule has 0 radical (unpaired) electrons. The summed E-state index contributed by atoms with van der Waals surface area (Å²) in [6.07, 6.45) is 3.61. The topological polar surface area (TPSA) is 78.9 Å². The molecule has 0 saturated carbocycles. The molecule has 1 atom stereocenters. The lowest BCUT2D eigenvalue weighted by atomic mass is 9.82. The molecular formula is C14H24N2O4. The fraction of sp³-hybridized carbons (Fsp3) is 0.857. The van der Waals surface area contributed by atoms with Crippen LogP contribution in [0.5, 0.6) is 0 Å². The number of rotatable bonds is 4. The lowest BCUT2D eigenvalue weighted by molar-refractivity contribution is -0.137. The number of carboxylic acids is 1. The van der Waals surface area contributed by atoms with E-state index >= 15 is 0 Å². The summed E-state index contributed by atoms with van der Waals surface area (Å²) in [5.74, 6) is -0.842. The lowest BCUT2D eigenvalue weighted by Crippen LogP contribution is -2.47. The molecule has 2 amide bonds. The molecule has 2 rings (SSSR count). The summed E-state index contributed by atoms with van der Waals surface area (Å²) in [4.78, 5) is 24.7. The van der Waals surface area contributed by atoms with Crippen molar-refractivity contribution >= 4 is 12.0 Å². The summed E-state index contributed by atoms with van der Waals surface area (Å²) in [5.41, 5.74) is 0.0932. The quantitative estimate of drug-likeness (QED) is 0.819. The number of carbonyl (C=O) groups is 2. The molecule has 0 aromatic heterocycles. The largest absolute Gasteiger partial charge is 0.481 e. The first-order valence-electron chi connectivity index (χ1n) is 7.34. The van der Waals surface area contributed by atoms with Crippen molar-refractivity contribution in [1.29, 1.82) is 0 Å². The number of likely N-dealkylation sites (tertiary alicyclic amines) is 1. The molecule has 6 heteroatoms. The standard InChI is InChI=1S/C14H24N2O4/c1-14(4-7-20-8-5-14)10-15-13(19)16-6-2-3-11(16)9-12(17)18/h11H,2-10H2,1H3,(H,15,19)(H,17,18). The molecule has 6 nitrogen and oxygen atoms in total. The zero-order valence-electron chi connectivity index (χ0n) is 12.1. The van der Waals surface area contributed by atoms with Gasteiger partial charge in [-0.15, -0.1) is 0 Å². The van der Waals surface area contributed by atoms with E-state index in [-0.39, 0.29) is 23.9 Å². The highest BCUT2D eigenvalue weighted by Gasteiger charge is 2.32. The Labute approximate surface area is 119 Å². The molecule has 0 bridgehead atoms. The Hall–Kier alpha value is -1.30. The maximum Gasteiger partial charge on any atom is 0.317 e. The van der Waals surface area contributed by atoms with Crippen LogP contribution < -0.4 is 5.32 Å². The molecule has 2 N–H and O–H groups in total. The van der Waals surface area contributed by atoms with Crippen molar-refractivity contribution in [2.75, 3.05) is 26.3 Å². The number of nitrogens with one attached hydrogen (secondary N) is 1. The van der Waals surface area contributed by atoms with Gasteiger partial charge in [-0.1, -0.05) is 6.92 Å². The third-order valence-electron chi connectivity index (χ3n) is 4.41. The van der Waals surface area contributed by atoms with Crippen molar-refractivity contribution in [2.24, 2.45) is 5.41 Å². The lowest BCUT2D eigenvalue weighted by Gasteiger charge is -2.34. The van der Waals surface area contributed by atoms with Crippen LogP contribution in [0.4, 0.5) is 4.79 Å². The Bertz CT molecular complexity index is 366. The SMILES string of the molecule is CC1(CNC(=O)N2CCCC2CC(=O)O)CCOCC1. The van der Waals surface area contributed by atoms with Crippen LogP contribution in [0.1, 0.15) is 39.0 Å². The summed E-state index contributed by atoms with van der Waals surface area (Å²) in [5, 5.41) is 11.9. The predicted molar refractivity (Wildman–Crippen MR) is 73.5 cm³/mol. The number of carboxylic acid groups (broad SMARTS) is 1. The molecule has 0 aromatic carbocycles. The van der Waals surface area contributed by atoms with E-state index in [0.29, 0.717) is 13.1 Å². The Morgan fingerprint density at radius 2 is 2.10 bits per heavy atom. The number of urea groups is 1. The van der Waals surface area contributed by atoms with Crippen molar-refractivity contribution in [2.45, 2.75) is 45.1 Å². The zero-order chi connectivity index (χ0) is 14.6. The number of hydrogen-bond donors (Lipinski definition) is 2. The highest BCUT2D eigenvalue weighted by molar-refractivity contribution is 5.76. The zero-order valence-corrected chi connectivity index (χ0v) is 12.1. The minimum absolute atomic E-state index is 0.0402. The Morgan fingerprint density at radius 3 is 2.75 bits per heavy atom. The molecule has 1 unspecified atom stereocenters.